The van der Waals surface area contributed by atoms with Crippen LogP contribution in [-0.2, 0) is 10.8 Å². The molecule has 0 spiro atoms. The Bertz CT molecular complexity index is 3680. The number of para-hydroxylation sites is 1. The predicted octanol–water partition coefficient (Wildman–Crippen LogP) is 16.2. The lowest BCUT2D eigenvalue weighted by Gasteiger charge is -2.29. The number of nitrogens with zero attached hydrogens (tertiary/aromatic N) is 2. The van der Waals surface area contributed by atoms with E-state index in [1.165, 1.54) is 93.4 Å². The van der Waals surface area contributed by atoms with Gasteiger partial charge in [-0.25, -0.2) is 0 Å². The summed E-state index contributed by atoms with van der Waals surface area (Å²) < 4.78 is 2.44. The zero-order valence-electron chi connectivity index (χ0n) is 35.6. The quantitative estimate of drug-likeness (QED) is 0.168. The van der Waals surface area contributed by atoms with Crippen LogP contribution in [0.2, 0.25) is 0 Å². The number of benzene rings is 10. The summed E-state index contributed by atoms with van der Waals surface area (Å²) in [7, 11) is 0. The van der Waals surface area contributed by atoms with Crippen LogP contribution in [0.25, 0.3) is 71.3 Å². The highest BCUT2D eigenvalue weighted by molar-refractivity contribution is 6.11. The summed E-state index contributed by atoms with van der Waals surface area (Å²) in [4.78, 5) is 2.47. The first-order chi connectivity index (χ1) is 30.9. The first-order valence-corrected chi connectivity index (χ1v) is 22.2. The van der Waals surface area contributed by atoms with Crippen LogP contribution in [0.4, 0.5) is 17.1 Å². The van der Waals surface area contributed by atoms with E-state index in [4.69, 9.17) is 0 Å². The molecule has 1 atom stereocenters. The van der Waals surface area contributed by atoms with Gasteiger partial charge in [-0.05, 0) is 157 Å². The van der Waals surface area contributed by atoms with Crippen molar-refractivity contribution in [3.05, 3.63) is 240 Å². The minimum absolute atomic E-state index is 0.125. The molecule has 1 heterocycles. The molecule has 0 bridgehead atoms. The van der Waals surface area contributed by atoms with Crippen LogP contribution >= 0.6 is 0 Å². The van der Waals surface area contributed by atoms with Crippen LogP contribution < -0.4 is 4.90 Å². The number of aromatic nitrogens is 1. The van der Waals surface area contributed by atoms with E-state index in [1.54, 1.807) is 0 Å². The Hall–Kier alpha value is -7.68. The molecule has 298 valence electrons. The van der Waals surface area contributed by atoms with E-state index in [-0.39, 0.29) is 10.8 Å². The molecule has 2 aliphatic carbocycles. The van der Waals surface area contributed by atoms with E-state index >= 15 is 0 Å². The molecule has 0 aliphatic heterocycles. The van der Waals surface area contributed by atoms with Crippen molar-refractivity contribution in [2.75, 3.05) is 4.90 Å². The Morgan fingerprint density at radius 2 is 0.889 bits per heavy atom. The van der Waals surface area contributed by atoms with Gasteiger partial charge in [-0.1, -0.05) is 147 Å². The van der Waals surface area contributed by atoms with Crippen LogP contribution in [0.3, 0.4) is 0 Å². The fourth-order valence-electron chi connectivity index (χ4n) is 11.4. The molecule has 11 aromatic rings. The van der Waals surface area contributed by atoms with Gasteiger partial charge in [0, 0.05) is 44.4 Å². The fraction of sp³-hybridized carbons (Fsp3) is 0.0820. The lowest BCUT2D eigenvalue weighted by atomic mass is 9.73. The molecule has 0 fully saturated rings. The zero-order chi connectivity index (χ0) is 42.0. The van der Waals surface area contributed by atoms with Crippen molar-refractivity contribution in [2.45, 2.75) is 31.6 Å². The second-order valence-electron chi connectivity index (χ2n) is 18.3. The molecule has 13 rings (SSSR count). The van der Waals surface area contributed by atoms with Crippen molar-refractivity contribution in [3.63, 3.8) is 0 Å². The Kier molecular flexibility index (Phi) is 7.52. The largest absolute Gasteiger partial charge is 0.310 e. The van der Waals surface area contributed by atoms with Crippen molar-refractivity contribution in [1.82, 2.24) is 4.57 Å². The number of rotatable bonds is 5. The maximum atomic E-state index is 2.50. The molecule has 10 aromatic carbocycles. The van der Waals surface area contributed by atoms with E-state index < -0.39 is 0 Å². The second kappa shape index (κ2) is 13.2. The third-order valence-electron chi connectivity index (χ3n) is 14.6. The van der Waals surface area contributed by atoms with Gasteiger partial charge in [0.05, 0.1) is 11.0 Å². The van der Waals surface area contributed by atoms with Crippen molar-refractivity contribution < 1.29 is 0 Å². The number of hydrogen-bond acceptors (Lipinski definition) is 1. The summed E-state index contributed by atoms with van der Waals surface area (Å²) in [5.74, 6) is 0. The Labute approximate surface area is 367 Å². The molecule has 63 heavy (non-hydrogen) atoms. The van der Waals surface area contributed by atoms with Crippen LogP contribution in [0, 0.1) is 0 Å². The SMILES string of the molecule is CC1(C)c2ccccc2-c2ccc(N(c3ccc4ccccc4c3)c3ccc4c(c3)c3cc(C5(C)c6ccccc6-c6cc7ccccc7cc65)ccc3n4-c3ccccc3)cc21. The van der Waals surface area contributed by atoms with E-state index in [0.29, 0.717) is 0 Å². The number of anilines is 3. The summed E-state index contributed by atoms with van der Waals surface area (Å²) in [5.41, 5.74) is 18.5. The topological polar surface area (TPSA) is 8.17 Å². The highest BCUT2D eigenvalue weighted by Gasteiger charge is 2.41. The van der Waals surface area contributed by atoms with Crippen LogP contribution in [0.5, 0.6) is 0 Å². The smallest absolute Gasteiger partial charge is 0.0542 e. The van der Waals surface area contributed by atoms with Crippen LogP contribution in [-0.4, -0.2) is 4.57 Å². The second-order valence-corrected chi connectivity index (χ2v) is 18.3. The highest BCUT2D eigenvalue weighted by Crippen LogP contribution is 2.55. The molecule has 1 unspecified atom stereocenters. The van der Waals surface area contributed by atoms with Crippen LogP contribution in [0.1, 0.15) is 48.6 Å². The Morgan fingerprint density at radius 1 is 0.349 bits per heavy atom. The van der Waals surface area contributed by atoms with Crippen molar-refractivity contribution in [2.24, 2.45) is 0 Å². The highest BCUT2D eigenvalue weighted by atomic mass is 15.1. The minimum atomic E-state index is -0.352. The number of hydrogen-bond donors (Lipinski definition) is 0. The molecule has 1 aromatic heterocycles. The maximum Gasteiger partial charge on any atom is 0.0542 e. The van der Waals surface area contributed by atoms with E-state index in [2.05, 4.69) is 243 Å². The summed E-state index contributed by atoms with van der Waals surface area (Å²) in [6, 6.07) is 79.4. The summed E-state index contributed by atoms with van der Waals surface area (Å²) in [5, 5.41) is 7.47. The Morgan fingerprint density at radius 3 is 1.67 bits per heavy atom. The van der Waals surface area contributed by atoms with Gasteiger partial charge < -0.3 is 9.47 Å². The first-order valence-electron chi connectivity index (χ1n) is 22.2. The van der Waals surface area contributed by atoms with Gasteiger partial charge in [0.25, 0.3) is 0 Å². The van der Waals surface area contributed by atoms with Gasteiger partial charge in [-0.3, -0.25) is 0 Å². The first kappa shape index (κ1) is 36.0. The van der Waals surface area contributed by atoms with Gasteiger partial charge in [0.1, 0.15) is 0 Å². The van der Waals surface area contributed by atoms with Gasteiger partial charge in [-0.15, -0.1) is 0 Å². The van der Waals surface area contributed by atoms with Gasteiger partial charge in [0.2, 0.25) is 0 Å². The maximum absolute atomic E-state index is 2.50. The summed E-state index contributed by atoms with van der Waals surface area (Å²) in [6.45, 7) is 7.17. The van der Waals surface area contributed by atoms with Crippen LogP contribution in [0.15, 0.2) is 212 Å². The Balaban J connectivity index is 1.06. The third kappa shape index (κ3) is 5.13. The van der Waals surface area contributed by atoms with Gasteiger partial charge >= 0.3 is 0 Å². The molecular weight excluding hydrogens is 761 g/mol. The van der Waals surface area contributed by atoms with Crippen molar-refractivity contribution in [3.8, 4) is 27.9 Å². The fourth-order valence-corrected chi connectivity index (χ4v) is 11.4. The zero-order valence-corrected chi connectivity index (χ0v) is 35.6. The normalized spacial score (nSPS) is 15.7. The minimum Gasteiger partial charge on any atom is -0.310 e. The van der Waals surface area contributed by atoms with Crippen molar-refractivity contribution >= 4 is 60.4 Å². The average molecular weight is 805 g/mol. The van der Waals surface area contributed by atoms with Gasteiger partial charge in [-0.2, -0.15) is 0 Å². The average Bonchev–Trinajstić information content (AvgIpc) is 3.88. The molecule has 0 saturated heterocycles. The monoisotopic (exact) mass is 804 g/mol. The molecular formula is C61H44N2. The van der Waals surface area contributed by atoms with E-state index in [0.717, 1.165) is 22.7 Å². The molecule has 0 radical (unpaired) electrons. The summed E-state index contributed by atoms with van der Waals surface area (Å²) >= 11 is 0. The molecule has 0 saturated carbocycles. The summed E-state index contributed by atoms with van der Waals surface area (Å²) in [6.07, 6.45) is 0. The molecule has 2 nitrogen and oxygen atoms in total. The third-order valence-corrected chi connectivity index (χ3v) is 14.6. The lowest BCUT2D eigenvalue weighted by Crippen LogP contribution is -2.22. The lowest BCUT2D eigenvalue weighted by molar-refractivity contribution is 0.660. The van der Waals surface area contributed by atoms with E-state index in [9.17, 15) is 0 Å². The van der Waals surface area contributed by atoms with E-state index in [1.807, 2.05) is 0 Å². The van der Waals surface area contributed by atoms with Gasteiger partial charge in [0.15, 0.2) is 0 Å². The standard InChI is InChI=1S/C61H44N2/c1-60(2)54-23-13-11-21-48(54)50-30-28-47(38-56(50)60)62(45-27-25-39-15-7-8-16-40(39)33-45)46-29-32-59-53(37-46)52-36-43(26-31-58(52)63(59)44-19-5-4-6-20-44)61(3)55-24-14-12-22-49(55)51-34-41-17-9-10-18-42(41)35-57(51)61/h4-38H,1-3H3. The molecule has 2 heteroatoms. The molecule has 0 amide bonds. The van der Waals surface area contributed by atoms with Crippen molar-refractivity contribution in [1.29, 1.82) is 0 Å². The number of fused-ring (bicyclic) bond motifs is 11. The molecule has 2 aliphatic rings. The predicted molar refractivity (Wildman–Crippen MR) is 265 cm³/mol. The molecule has 0 N–H and O–H groups in total.